The Morgan fingerprint density at radius 1 is 1.36 bits per heavy atom. The second kappa shape index (κ2) is 3.59. The maximum atomic E-state index is 8.58. The largest absolute Gasteiger partial charge is 0.311 e. The first-order valence-electron chi connectivity index (χ1n) is 4.05. The van der Waals surface area contributed by atoms with Gasteiger partial charge in [-0.1, -0.05) is 0 Å². The fourth-order valence-electron chi connectivity index (χ4n) is 1.48. The molecule has 0 spiro atoms. The van der Waals surface area contributed by atoms with Crippen LogP contribution in [0.15, 0.2) is 0 Å². The van der Waals surface area contributed by atoms with E-state index in [4.69, 9.17) is 5.26 Å². The third-order valence-corrected chi connectivity index (χ3v) is 2.34. The molecule has 11 heavy (non-hydrogen) atoms. The van der Waals surface area contributed by atoms with Gasteiger partial charge < -0.3 is 9.80 Å². The quantitative estimate of drug-likeness (QED) is 0.514. The van der Waals surface area contributed by atoms with Gasteiger partial charge in [-0.3, -0.25) is 0 Å². The molecule has 3 nitrogen and oxygen atoms in total. The maximum Gasteiger partial charge on any atom is 0.179 e. The van der Waals surface area contributed by atoms with Crippen molar-refractivity contribution in [2.75, 3.05) is 27.2 Å². The van der Waals surface area contributed by atoms with E-state index in [0.717, 1.165) is 25.9 Å². The topological polar surface area (TPSA) is 30.3 Å². The summed E-state index contributed by atoms with van der Waals surface area (Å²) in [5, 5.41) is 8.58. The minimum absolute atomic E-state index is 0.680. The first kappa shape index (κ1) is 8.35. The van der Waals surface area contributed by atoms with Crippen molar-refractivity contribution in [2.24, 2.45) is 0 Å². The van der Waals surface area contributed by atoms with Gasteiger partial charge >= 0.3 is 0 Å². The van der Waals surface area contributed by atoms with Crippen LogP contribution in [0, 0.1) is 11.5 Å². The van der Waals surface area contributed by atoms with Crippen molar-refractivity contribution in [1.29, 1.82) is 5.26 Å². The van der Waals surface area contributed by atoms with Crippen LogP contribution < -0.4 is 0 Å². The molecule has 0 amide bonds. The molecule has 3 heteroatoms. The van der Waals surface area contributed by atoms with Crippen LogP contribution in [0.4, 0.5) is 0 Å². The average Bonchev–Trinajstić information content (AvgIpc) is 2.05. The average molecular weight is 153 g/mol. The van der Waals surface area contributed by atoms with E-state index in [0.29, 0.717) is 6.04 Å². The molecule has 0 aliphatic carbocycles. The Morgan fingerprint density at radius 2 is 1.91 bits per heavy atom. The highest BCUT2D eigenvalue weighted by Gasteiger charge is 2.18. The van der Waals surface area contributed by atoms with E-state index in [1.54, 1.807) is 0 Å². The van der Waals surface area contributed by atoms with Gasteiger partial charge in [0.25, 0.3) is 0 Å². The molecule has 1 aliphatic heterocycles. The third kappa shape index (κ3) is 2.09. The molecule has 1 heterocycles. The van der Waals surface area contributed by atoms with Gasteiger partial charge in [-0.2, -0.15) is 5.26 Å². The summed E-state index contributed by atoms with van der Waals surface area (Å²) >= 11 is 0. The zero-order valence-electron chi connectivity index (χ0n) is 7.25. The fraction of sp³-hybridized carbons (Fsp3) is 0.875. The minimum Gasteiger partial charge on any atom is -0.311 e. The van der Waals surface area contributed by atoms with Gasteiger partial charge in [0.1, 0.15) is 0 Å². The molecule has 0 atom stereocenters. The van der Waals surface area contributed by atoms with Gasteiger partial charge in [0, 0.05) is 19.1 Å². The molecule has 0 aromatic rings. The predicted molar refractivity (Wildman–Crippen MR) is 43.9 cm³/mol. The normalized spacial score (nSPS) is 20.4. The molecule has 0 radical (unpaired) electrons. The molecule has 0 unspecified atom stereocenters. The van der Waals surface area contributed by atoms with Crippen molar-refractivity contribution in [3.63, 3.8) is 0 Å². The molecule has 62 valence electrons. The van der Waals surface area contributed by atoms with Gasteiger partial charge in [0.15, 0.2) is 6.19 Å². The van der Waals surface area contributed by atoms with E-state index in [9.17, 15) is 0 Å². The fourth-order valence-corrected chi connectivity index (χ4v) is 1.48. The maximum absolute atomic E-state index is 8.58. The first-order chi connectivity index (χ1) is 5.24. The van der Waals surface area contributed by atoms with Crippen molar-refractivity contribution < 1.29 is 0 Å². The predicted octanol–water partition coefficient (Wildman–Crippen LogP) is 0.493. The van der Waals surface area contributed by atoms with E-state index in [-0.39, 0.29) is 0 Å². The highest BCUT2D eigenvalue weighted by atomic mass is 15.2. The Bertz CT molecular complexity index is 151. The Hall–Kier alpha value is -0.750. The van der Waals surface area contributed by atoms with Gasteiger partial charge in [-0.25, -0.2) is 0 Å². The van der Waals surface area contributed by atoms with Crippen LogP contribution >= 0.6 is 0 Å². The van der Waals surface area contributed by atoms with Gasteiger partial charge in [-0.05, 0) is 26.9 Å². The highest BCUT2D eigenvalue weighted by molar-refractivity contribution is 4.83. The van der Waals surface area contributed by atoms with E-state index >= 15 is 0 Å². The number of rotatable bonds is 1. The van der Waals surface area contributed by atoms with Crippen molar-refractivity contribution in [3.8, 4) is 6.19 Å². The lowest BCUT2D eigenvalue weighted by atomic mass is 10.1. The number of nitrogens with zero attached hydrogens (tertiary/aromatic N) is 3. The molecule has 1 fully saturated rings. The lowest BCUT2D eigenvalue weighted by Gasteiger charge is -2.32. The smallest absolute Gasteiger partial charge is 0.179 e. The van der Waals surface area contributed by atoms with E-state index in [1.165, 1.54) is 0 Å². The minimum atomic E-state index is 0.680. The zero-order chi connectivity index (χ0) is 8.27. The second-order valence-corrected chi connectivity index (χ2v) is 3.28. The second-order valence-electron chi connectivity index (χ2n) is 3.28. The van der Waals surface area contributed by atoms with Crippen molar-refractivity contribution in [3.05, 3.63) is 0 Å². The monoisotopic (exact) mass is 153 g/mol. The molecule has 0 bridgehead atoms. The molecule has 0 saturated carbocycles. The lowest BCUT2D eigenvalue weighted by molar-refractivity contribution is 0.184. The summed E-state index contributed by atoms with van der Waals surface area (Å²) in [6, 6.07) is 0.680. The number of hydrogen-bond donors (Lipinski definition) is 0. The van der Waals surface area contributed by atoms with E-state index in [1.807, 2.05) is 4.90 Å². The summed E-state index contributed by atoms with van der Waals surface area (Å²) in [7, 11) is 4.21. The van der Waals surface area contributed by atoms with Crippen LogP contribution in [0.3, 0.4) is 0 Å². The van der Waals surface area contributed by atoms with Crippen LogP contribution in [0.25, 0.3) is 0 Å². The molecule has 0 N–H and O–H groups in total. The zero-order valence-corrected chi connectivity index (χ0v) is 7.25. The molecule has 0 aromatic heterocycles. The number of likely N-dealkylation sites (tertiary alicyclic amines) is 1. The SMILES string of the molecule is CN(C)C1CCN(C#N)CC1. The summed E-state index contributed by atoms with van der Waals surface area (Å²) in [6.07, 6.45) is 4.43. The van der Waals surface area contributed by atoms with E-state index < -0.39 is 0 Å². The van der Waals surface area contributed by atoms with Gasteiger partial charge in [0.05, 0.1) is 0 Å². The third-order valence-electron chi connectivity index (χ3n) is 2.34. The number of hydrogen-bond acceptors (Lipinski definition) is 3. The Morgan fingerprint density at radius 3 is 2.27 bits per heavy atom. The van der Waals surface area contributed by atoms with Gasteiger partial charge in [0.2, 0.25) is 0 Å². The summed E-state index contributed by atoms with van der Waals surface area (Å²) in [4.78, 5) is 4.08. The van der Waals surface area contributed by atoms with Gasteiger partial charge in [-0.15, -0.1) is 0 Å². The molecule has 1 rings (SSSR count). The Kier molecular flexibility index (Phi) is 2.72. The summed E-state index contributed by atoms with van der Waals surface area (Å²) in [5.74, 6) is 0. The Balaban J connectivity index is 2.31. The van der Waals surface area contributed by atoms with Crippen LogP contribution in [0.5, 0.6) is 0 Å². The molecular formula is C8H15N3. The number of nitriles is 1. The lowest BCUT2D eigenvalue weighted by Crippen LogP contribution is -2.39. The van der Waals surface area contributed by atoms with Crippen molar-refractivity contribution in [2.45, 2.75) is 18.9 Å². The molecule has 1 saturated heterocycles. The summed E-state index contributed by atoms with van der Waals surface area (Å²) in [6.45, 7) is 1.86. The van der Waals surface area contributed by atoms with Crippen LogP contribution in [0.2, 0.25) is 0 Å². The number of piperidine rings is 1. The first-order valence-corrected chi connectivity index (χ1v) is 4.05. The van der Waals surface area contributed by atoms with Crippen molar-refractivity contribution in [1.82, 2.24) is 9.80 Å². The molecule has 1 aliphatic rings. The van der Waals surface area contributed by atoms with Crippen LogP contribution in [-0.2, 0) is 0 Å². The van der Waals surface area contributed by atoms with Crippen molar-refractivity contribution >= 4 is 0 Å². The van der Waals surface area contributed by atoms with E-state index in [2.05, 4.69) is 25.2 Å². The molecule has 0 aromatic carbocycles. The standard InChI is InChI=1S/C8H15N3/c1-10(2)8-3-5-11(7-9)6-4-8/h8H,3-6H2,1-2H3. The van der Waals surface area contributed by atoms with Crippen LogP contribution in [-0.4, -0.2) is 43.0 Å². The Labute approximate surface area is 68.2 Å². The molecular weight excluding hydrogens is 138 g/mol. The highest BCUT2D eigenvalue weighted by Crippen LogP contribution is 2.12. The van der Waals surface area contributed by atoms with Crippen LogP contribution in [0.1, 0.15) is 12.8 Å². The summed E-state index contributed by atoms with van der Waals surface area (Å²) in [5.41, 5.74) is 0. The summed E-state index contributed by atoms with van der Waals surface area (Å²) < 4.78 is 0.